The first-order valence-electron chi connectivity index (χ1n) is 6.79. The summed E-state index contributed by atoms with van der Waals surface area (Å²) in [6.45, 7) is 0. The lowest BCUT2D eigenvalue weighted by molar-refractivity contribution is -0.140. The molecule has 4 nitrogen and oxygen atoms in total. The number of pyridine rings is 1. The van der Waals surface area contributed by atoms with Gasteiger partial charge in [-0.05, 0) is 29.8 Å². The Kier molecular flexibility index (Phi) is 4.87. The quantitative estimate of drug-likeness (QED) is 0.275. The second-order valence-electron chi connectivity index (χ2n) is 5.27. The number of nitrogens with zero attached hydrogens (tertiary/aromatic N) is 3. The Labute approximate surface area is 167 Å². The maximum absolute atomic E-state index is 13.4. The summed E-state index contributed by atoms with van der Waals surface area (Å²) >= 11 is 22.5. The van der Waals surface area contributed by atoms with E-state index in [0.29, 0.717) is 6.07 Å². The van der Waals surface area contributed by atoms with Crippen molar-refractivity contribution in [3.8, 4) is 5.69 Å². The minimum absolute atomic E-state index is 0.0130. The molecule has 27 heavy (non-hydrogen) atoms. The topological polar surface area (TPSA) is 56.7 Å². The molecule has 1 aromatic carbocycles. The van der Waals surface area contributed by atoms with Gasteiger partial charge in [0, 0.05) is 0 Å². The molecule has 0 fully saturated rings. The van der Waals surface area contributed by atoms with Crippen LogP contribution in [0.15, 0.2) is 18.2 Å². The van der Waals surface area contributed by atoms with Gasteiger partial charge >= 0.3 is 11.6 Å². The Hall–Kier alpha value is -1.55. The first-order chi connectivity index (χ1) is 12.3. The van der Waals surface area contributed by atoms with Crippen LogP contribution in [-0.2, 0) is 11.6 Å². The fraction of sp³-hybridized carbons (Fsp3) is 0.143. The van der Waals surface area contributed by atoms with Crippen molar-refractivity contribution in [1.29, 1.82) is 0 Å². The summed E-state index contributed by atoms with van der Waals surface area (Å²) in [5.74, 6) is -0.510. The van der Waals surface area contributed by atoms with Gasteiger partial charge in [0.15, 0.2) is 5.69 Å². The van der Waals surface area contributed by atoms with Crippen molar-refractivity contribution >= 4 is 63.1 Å². The molecule has 3 aromatic rings. The molecule has 0 saturated heterocycles. The van der Waals surface area contributed by atoms with E-state index < -0.39 is 39.7 Å². The molecule has 0 amide bonds. The molecule has 0 unspecified atom stereocenters. The molecule has 0 saturated carbocycles. The average Bonchev–Trinajstić information content (AvgIpc) is 2.86. The van der Waals surface area contributed by atoms with Crippen molar-refractivity contribution in [3.05, 3.63) is 44.7 Å². The maximum Gasteiger partial charge on any atom is 0.434 e. The molecule has 0 atom stereocenters. The van der Waals surface area contributed by atoms with Crippen molar-refractivity contribution in [2.24, 2.45) is 0 Å². The van der Waals surface area contributed by atoms with E-state index in [9.17, 15) is 22.0 Å². The standard InChI is InChI=1S/C14H5Cl4F5N4/c15-5-1-4(2-6(16)10(5)17)27-12(24)9-7(26-27)3-8(13(18,19)20)25-11(9)14(21,22)23/h1-3H,24H2. The van der Waals surface area contributed by atoms with Crippen molar-refractivity contribution in [2.75, 3.05) is 5.73 Å². The third-order valence-corrected chi connectivity index (χ3v) is 4.85. The molecular weight excluding hydrogens is 461 g/mol. The molecule has 0 aliphatic rings. The van der Waals surface area contributed by atoms with Gasteiger partial charge in [-0.3, -0.25) is 0 Å². The number of nitrogens with two attached hydrogens (primary N) is 1. The highest BCUT2D eigenvalue weighted by atomic mass is 35.5. The molecular formula is C14H5Cl4F5N4. The number of halogens is 9. The fourth-order valence-electron chi connectivity index (χ4n) is 2.34. The SMILES string of the molecule is Nc1c2c(C(F)(F)F)nc(C(F)(F)Cl)cc2nn1-c1cc(Cl)c(Cl)c(Cl)c1. The van der Waals surface area contributed by atoms with E-state index in [4.69, 9.17) is 52.1 Å². The minimum Gasteiger partial charge on any atom is -0.383 e. The lowest BCUT2D eigenvalue weighted by Gasteiger charge is -2.12. The Morgan fingerprint density at radius 2 is 1.52 bits per heavy atom. The van der Waals surface area contributed by atoms with Crippen LogP contribution >= 0.6 is 46.4 Å². The van der Waals surface area contributed by atoms with E-state index in [1.165, 1.54) is 12.1 Å². The number of hydrogen-bond acceptors (Lipinski definition) is 3. The van der Waals surface area contributed by atoms with Gasteiger partial charge < -0.3 is 5.73 Å². The van der Waals surface area contributed by atoms with Crippen molar-refractivity contribution in [2.45, 2.75) is 11.6 Å². The molecule has 2 aromatic heterocycles. The predicted octanol–water partition coefficient (Wildman–Crippen LogP) is 6.27. The lowest BCUT2D eigenvalue weighted by Crippen LogP contribution is -2.15. The molecule has 0 aliphatic heterocycles. The number of alkyl halides is 6. The smallest absolute Gasteiger partial charge is 0.383 e. The molecule has 2 heterocycles. The third-order valence-electron chi connectivity index (χ3n) is 3.46. The van der Waals surface area contributed by atoms with Crippen molar-refractivity contribution in [1.82, 2.24) is 14.8 Å². The lowest BCUT2D eigenvalue weighted by atomic mass is 10.2. The van der Waals surface area contributed by atoms with Crippen molar-refractivity contribution in [3.63, 3.8) is 0 Å². The normalized spacial score (nSPS) is 12.8. The van der Waals surface area contributed by atoms with Crippen molar-refractivity contribution < 1.29 is 22.0 Å². The van der Waals surface area contributed by atoms with Gasteiger partial charge in [-0.1, -0.05) is 34.8 Å². The Morgan fingerprint density at radius 3 is 2.00 bits per heavy atom. The molecule has 0 radical (unpaired) electrons. The summed E-state index contributed by atoms with van der Waals surface area (Å²) in [6, 6.07) is 3.11. The van der Waals surface area contributed by atoms with Gasteiger partial charge in [-0.2, -0.15) is 27.1 Å². The fourth-order valence-corrected chi connectivity index (χ4v) is 3.02. The van der Waals surface area contributed by atoms with Crippen LogP contribution in [0.3, 0.4) is 0 Å². The number of anilines is 1. The molecule has 3 rings (SSSR count). The van der Waals surface area contributed by atoms with Crippen LogP contribution in [0.2, 0.25) is 15.1 Å². The van der Waals surface area contributed by atoms with Crippen LogP contribution in [0.5, 0.6) is 0 Å². The van der Waals surface area contributed by atoms with Gasteiger partial charge in [0.1, 0.15) is 11.5 Å². The second kappa shape index (κ2) is 6.51. The highest BCUT2D eigenvalue weighted by Crippen LogP contribution is 2.41. The predicted molar refractivity (Wildman–Crippen MR) is 93.1 cm³/mol. The zero-order valence-electron chi connectivity index (χ0n) is 12.6. The molecule has 0 aliphatic carbocycles. The summed E-state index contributed by atoms with van der Waals surface area (Å²) in [6.07, 6.45) is -5.09. The van der Waals surface area contributed by atoms with E-state index in [1.54, 1.807) is 0 Å². The Morgan fingerprint density at radius 1 is 0.963 bits per heavy atom. The molecule has 0 bridgehead atoms. The third kappa shape index (κ3) is 3.61. The summed E-state index contributed by atoms with van der Waals surface area (Å²) in [5, 5.41) is -0.983. The first-order valence-corrected chi connectivity index (χ1v) is 8.30. The van der Waals surface area contributed by atoms with Crippen LogP contribution < -0.4 is 5.73 Å². The van der Waals surface area contributed by atoms with E-state index >= 15 is 0 Å². The molecule has 2 N–H and O–H groups in total. The monoisotopic (exact) mass is 464 g/mol. The number of benzene rings is 1. The first kappa shape index (κ1) is 20.2. The number of aromatic nitrogens is 3. The van der Waals surface area contributed by atoms with Gasteiger partial charge in [0.25, 0.3) is 0 Å². The summed E-state index contributed by atoms with van der Waals surface area (Å²) in [7, 11) is 0. The van der Waals surface area contributed by atoms with Gasteiger partial charge in [0.05, 0.1) is 31.7 Å². The number of fused-ring (bicyclic) bond motifs is 1. The van der Waals surface area contributed by atoms with Crippen LogP contribution in [0.25, 0.3) is 16.6 Å². The summed E-state index contributed by atoms with van der Waals surface area (Å²) < 4.78 is 67.6. The van der Waals surface area contributed by atoms with Crippen LogP contribution in [0.1, 0.15) is 11.4 Å². The Bertz CT molecular complexity index is 1040. The summed E-state index contributed by atoms with van der Waals surface area (Å²) in [5.41, 5.74) is 2.39. The van der Waals surface area contributed by atoms with E-state index in [2.05, 4.69) is 10.1 Å². The Balaban J connectivity index is 2.37. The largest absolute Gasteiger partial charge is 0.434 e. The number of rotatable bonds is 2. The zero-order chi connectivity index (χ0) is 20.3. The van der Waals surface area contributed by atoms with E-state index in [-0.39, 0.29) is 20.8 Å². The highest BCUT2D eigenvalue weighted by Gasteiger charge is 2.40. The maximum atomic E-state index is 13.4. The van der Waals surface area contributed by atoms with E-state index in [0.717, 1.165) is 4.68 Å². The van der Waals surface area contributed by atoms with Gasteiger partial charge in [0.2, 0.25) is 0 Å². The summed E-state index contributed by atoms with van der Waals surface area (Å²) in [4.78, 5) is 2.95. The molecule has 144 valence electrons. The van der Waals surface area contributed by atoms with Crippen LogP contribution in [0.4, 0.5) is 27.8 Å². The minimum atomic E-state index is -5.09. The van der Waals surface area contributed by atoms with Gasteiger partial charge in [-0.25, -0.2) is 9.67 Å². The molecule has 13 heteroatoms. The number of hydrogen-bond donors (Lipinski definition) is 1. The number of nitrogen functional groups attached to an aromatic ring is 1. The van der Waals surface area contributed by atoms with E-state index in [1.807, 2.05) is 0 Å². The highest BCUT2D eigenvalue weighted by molar-refractivity contribution is 6.48. The zero-order valence-corrected chi connectivity index (χ0v) is 15.6. The van der Waals surface area contributed by atoms with Crippen LogP contribution in [-0.4, -0.2) is 14.8 Å². The van der Waals surface area contributed by atoms with Crippen LogP contribution in [0, 0.1) is 0 Å². The molecule has 0 spiro atoms. The average molecular weight is 466 g/mol. The second-order valence-corrected chi connectivity index (χ2v) is 6.93. The van der Waals surface area contributed by atoms with Gasteiger partial charge in [-0.15, -0.1) is 0 Å².